The molecule has 1 aliphatic heterocycles. The normalized spacial score (nSPS) is 18.7. The second-order valence-electron chi connectivity index (χ2n) is 6.85. The molecule has 0 radical (unpaired) electrons. The molecule has 6 heteroatoms. The number of rotatable bonds is 4. The van der Waals surface area contributed by atoms with Crippen LogP contribution in [0.25, 0.3) is 11.3 Å². The molecule has 2 aromatic rings. The topological polar surface area (TPSA) is 88.7 Å². The van der Waals surface area contributed by atoms with E-state index in [4.69, 9.17) is 10.5 Å². The number of nitrogens with zero attached hydrogens (tertiary/aromatic N) is 2. The van der Waals surface area contributed by atoms with Gasteiger partial charge in [0.25, 0.3) is 5.91 Å². The minimum atomic E-state index is -1.21. The van der Waals surface area contributed by atoms with Crippen molar-refractivity contribution in [3.8, 4) is 23.1 Å². The highest BCUT2D eigenvalue weighted by molar-refractivity contribution is 5.91. The molecule has 6 nitrogen and oxygen atoms in total. The molecule has 1 aromatic heterocycles. The minimum Gasteiger partial charge on any atom is -0.380 e. The summed E-state index contributed by atoms with van der Waals surface area (Å²) in [5.74, 6) is 5.38. The molecule has 1 fully saturated rings. The van der Waals surface area contributed by atoms with Gasteiger partial charge in [-0.1, -0.05) is 30.6 Å². The number of amides is 1. The lowest BCUT2D eigenvalue weighted by Crippen LogP contribution is -2.26. The van der Waals surface area contributed by atoms with Crippen molar-refractivity contribution in [2.24, 2.45) is 5.73 Å². The number of pyridine rings is 1. The first-order valence-electron chi connectivity index (χ1n) is 8.88. The van der Waals surface area contributed by atoms with Crippen LogP contribution in [0, 0.1) is 11.8 Å². The summed E-state index contributed by atoms with van der Waals surface area (Å²) in [5.41, 5.74) is 7.92. The molecule has 0 aliphatic carbocycles. The van der Waals surface area contributed by atoms with E-state index in [9.17, 15) is 9.90 Å². The molecule has 3 N–H and O–H groups in total. The lowest BCUT2D eigenvalue weighted by molar-refractivity contribution is 0.0995. The first-order chi connectivity index (χ1) is 13.3. The maximum atomic E-state index is 11.6. The zero-order valence-corrected chi connectivity index (χ0v) is 16.0. The van der Waals surface area contributed by atoms with Crippen molar-refractivity contribution in [3.05, 3.63) is 65.5 Å². The average Bonchev–Trinajstić information content (AvgIpc) is 2.95. The number of ether oxygens (including phenoxy) is 1. The highest BCUT2D eigenvalue weighted by Crippen LogP contribution is 2.29. The van der Waals surface area contributed by atoms with Crippen molar-refractivity contribution in [2.75, 3.05) is 20.7 Å². The molecule has 2 heterocycles. The Bertz CT molecular complexity index is 990. The second kappa shape index (κ2) is 7.85. The van der Waals surface area contributed by atoms with Gasteiger partial charge in [-0.2, -0.15) is 0 Å². The molecule has 1 aromatic carbocycles. The molecule has 3 rings (SSSR count). The van der Waals surface area contributed by atoms with Crippen LogP contribution in [-0.2, 0) is 11.3 Å². The number of likely N-dealkylation sites (N-methyl/N-ethyl adjacent to an activating group) is 1. The Balaban J connectivity index is 1.96. The molecule has 1 aliphatic rings. The van der Waals surface area contributed by atoms with Gasteiger partial charge in [-0.3, -0.25) is 4.79 Å². The van der Waals surface area contributed by atoms with E-state index in [-0.39, 0.29) is 5.69 Å². The van der Waals surface area contributed by atoms with Crippen LogP contribution in [0.3, 0.4) is 0 Å². The lowest BCUT2D eigenvalue weighted by Gasteiger charge is -2.19. The van der Waals surface area contributed by atoms with E-state index in [1.165, 1.54) is 0 Å². The number of nitrogens with two attached hydrogens (primary N) is 1. The summed E-state index contributed by atoms with van der Waals surface area (Å²) >= 11 is 0. The van der Waals surface area contributed by atoms with Crippen LogP contribution in [0.5, 0.6) is 0 Å². The number of aromatic nitrogens is 1. The van der Waals surface area contributed by atoms with Gasteiger partial charge < -0.3 is 20.5 Å². The number of methoxy groups -OCH3 is 1. The molecule has 1 amide bonds. The highest BCUT2D eigenvalue weighted by atomic mass is 16.5. The Morgan fingerprint density at radius 3 is 2.86 bits per heavy atom. The van der Waals surface area contributed by atoms with Crippen molar-refractivity contribution >= 4 is 5.91 Å². The molecular weight excluding hydrogens is 354 g/mol. The Labute approximate surface area is 164 Å². The van der Waals surface area contributed by atoms with Crippen molar-refractivity contribution in [3.63, 3.8) is 0 Å². The summed E-state index contributed by atoms with van der Waals surface area (Å²) in [7, 11) is 3.47. The number of primary amides is 1. The smallest absolute Gasteiger partial charge is 0.267 e. The number of likely N-dealkylation sites (tertiary alicyclic amines) is 1. The molecule has 0 bridgehead atoms. The van der Waals surface area contributed by atoms with E-state index in [0.717, 1.165) is 23.2 Å². The summed E-state index contributed by atoms with van der Waals surface area (Å²) in [6.45, 7) is 4.99. The third-order valence-corrected chi connectivity index (χ3v) is 4.77. The molecule has 144 valence electrons. The SMILES string of the molecule is C=C1N(C)CC[C@@]1(O)C#Cc1cccc(-c2cc(COC)cc(C(N)=O)n2)c1. The van der Waals surface area contributed by atoms with E-state index in [1.807, 2.05) is 42.3 Å². The maximum Gasteiger partial charge on any atom is 0.267 e. The summed E-state index contributed by atoms with van der Waals surface area (Å²) < 4.78 is 5.16. The Morgan fingerprint density at radius 1 is 1.43 bits per heavy atom. The first-order valence-corrected chi connectivity index (χ1v) is 8.88. The number of hydrogen-bond acceptors (Lipinski definition) is 5. The van der Waals surface area contributed by atoms with Gasteiger partial charge in [-0.05, 0) is 29.8 Å². The molecule has 0 unspecified atom stereocenters. The Kier molecular flexibility index (Phi) is 5.50. The van der Waals surface area contributed by atoms with E-state index >= 15 is 0 Å². The molecular formula is C22H23N3O3. The zero-order valence-electron chi connectivity index (χ0n) is 16.0. The Hall–Kier alpha value is -3.14. The third-order valence-electron chi connectivity index (χ3n) is 4.77. The number of benzene rings is 1. The van der Waals surface area contributed by atoms with Crippen molar-refractivity contribution < 1.29 is 14.6 Å². The highest BCUT2D eigenvalue weighted by Gasteiger charge is 2.36. The van der Waals surface area contributed by atoms with Gasteiger partial charge in [-0.15, -0.1) is 0 Å². The van der Waals surface area contributed by atoms with Crippen LogP contribution in [0.4, 0.5) is 0 Å². The van der Waals surface area contributed by atoms with Gasteiger partial charge in [-0.25, -0.2) is 4.98 Å². The van der Waals surface area contributed by atoms with E-state index < -0.39 is 11.5 Å². The standard InChI is InChI=1S/C22H23N3O3/c1-15-22(27,9-10-25(15)2)8-7-16-5-4-6-18(11-16)19-12-17(14-28-3)13-20(24-19)21(23)26/h4-6,11-13,27H,1,9-10,14H2,2-3H3,(H2,23,26)/t22-/m0/s1. The molecule has 28 heavy (non-hydrogen) atoms. The summed E-state index contributed by atoms with van der Waals surface area (Å²) in [6, 6.07) is 10.9. The predicted molar refractivity (Wildman–Crippen MR) is 107 cm³/mol. The van der Waals surface area contributed by atoms with Crippen LogP contribution in [0.2, 0.25) is 0 Å². The van der Waals surface area contributed by atoms with E-state index in [0.29, 0.717) is 24.4 Å². The number of aliphatic hydroxyl groups is 1. The lowest BCUT2D eigenvalue weighted by atomic mass is 10.00. The minimum absolute atomic E-state index is 0.181. The fourth-order valence-corrected chi connectivity index (χ4v) is 3.10. The largest absolute Gasteiger partial charge is 0.380 e. The average molecular weight is 377 g/mol. The van der Waals surface area contributed by atoms with Crippen LogP contribution < -0.4 is 5.73 Å². The molecule has 0 spiro atoms. The summed E-state index contributed by atoms with van der Waals surface area (Å²) in [4.78, 5) is 17.9. The fourth-order valence-electron chi connectivity index (χ4n) is 3.10. The quantitative estimate of drug-likeness (QED) is 0.795. The van der Waals surface area contributed by atoms with Crippen molar-refractivity contribution in [2.45, 2.75) is 18.6 Å². The predicted octanol–water partition coefficient (Wildman–Crippen LogP) is 1.93. The third kappa shape index (κ3) is 4.06. The van der Waals surface area contributed by atoms with Gasteiger partial charge in [0, 0.05) is 38.2 Å². The van der Waals surface area contributed by atoms with Crippen LogP contribution in [-0.4, -0.2) is 47.2 Å². The number of carbonyl (C=O) groups is 1. The molecule has 0 saturated carbocycles. The monoisotopic (exact) mass is 377 g/mol. The van der Waals surface area contributed by atoms with Gasteiger partial charge in [0.15, 0.2) is 5.60 Å². The van der Waals surface area contributed by atoms with E-state index in [1.54, 1.807) is 13.2 Å². The number of hydrogen-bond donors (Lipinski definition) is 2. The summed E-state index contributed by atoms with van der Waals surface area (Å²) in [5, 5.41) is 10.7. The maximum absolute atomic E-state index is 11.6. The molecule has 1 atom stereocenters. The van der Waals surface area contributed by atoms with Crippen LogP contribution in [0.15, 0.2) is 48.7 Å². The van der Waals surface area contributed by atoms with Crippen LogP contribution in [0.1, 0.15) is 28.0 Å². The van der Waals surface area contributed by atoms with Crippen LogP contribution >= 0.6 is 0 Å². The van der Waals surface area contributed by atoms with Gasteiger partial charge in [0.05, 0.1) is 18.0 Å². The zero-order chi connectivity index (χ0) is 20.3. The van der Waals surface area contributed by atoms with E-state index in [2.05, 4.69) is 23.4 Å². The fraction of sp³-hybridized carbons (Fsp3) is 0.273. The summed E-state index contributed by atoms with van der Waals surface area (Å²) in [6.07, 6.45) is 0.525. The first kappa shape index (κ1) is 19.6. The van der Waals surface area contributed by atoms with Gasteiger partial charge >= 0.3 is 0 Å². The Morgan fingerprint density at radius 2 is 2.21 bits per heavy atom. The molecule has 1 saturated heterocycles. The van der Waals surface area contributed by atoms with Crippen molar-refractivity contribution in [1.29, 1.82) is 0 Å². The van der Waals surface area contributed by atoms with Gasteiger partial charge in [0.2, 0.25) is 0 Å². The number of carbonyl (C=O) groups excluding carboxylic acids is 1. The van der Waals surface area contributed by atoms with Gasteiger partial charge in [0.1, 0.15) is 5.69 Å². The van der Waals surface area contributed by atoms with Crippen molar-refractivity contribution in [1.82, 2.24) is 9.88 Å². The second-order valence-corrected chi connectivity index (χ2v) is 6.85.